The topological polar surface area (TPSA) is 72.7 Å². The van der Waals surface area contributed by atoms with E-state index in [0.717, 1.165) is 61.2 Å². The van der Waals surface area contributed by atoms with Crippen LogP contribution in [0.5, 0.6) is 0 Å². The number of unbranched alkanes of at least 4 members (excludes halogenated alkanes) is 4. The second kappa shape index (κ2) is 11.7. The van der Waals surface area contributed by atoms with Crippen molar-refractivity contribution in [3.05, 3.63) is 91.0 Å². The Morgan fingerprint density at radius 1 is 0.818 bits per heavy atom. The summed E-state index contributed by atoms with van der Waals surface area (Å²) in [7, 11) is 0. The highest BCUT2D eigenvalue weighted by atomic mass is 16.1. The van der Waals surface area contributed by atoms with E-state index in [-0.39, 0.29) is 5.91 Å². The minimum Gasteiger partial charge on any atom is -0.326 e. The minimum atomic E-state index is 0.0635. The van der Waals surface area contributed by atoms with E-state index in [1.54, 1.807) is 24.5 Å². The second-order valence-corrected chi connectivity index (χ2v) is 8.09. The van der Waals surface area contributed by atoms with Crippen LogP contribution in [0.15, 0.2) is 85.3 Å². The van der Waals surface area contributed by atoms with Crippen molar-refractivity contribution < 1.29 is 4.79 Å². The van der Waals surface area contributed by atoms with Crippen molar-refractivity contribution in [3.63, 3.8) is 0 Å². The predicted octanol–water partition coefficient (Wildman–Crippen LogP) is 5.85. The fourth-order valence-electron chi connectivity index (χ4n) is 3.85. The highest BCUT2D eigenvalue weighted by Gasteiger charge is 2.09. The first-order chi connectivity index (χ1) is 16.3. The van der Waals surface area contributed by atoms with Gasteiger partial charge >= 0.3 is 0 Å². The maximum atomic E-state index is 12.0. The first kappa shape index (κ1) is 22.4. The number of hydrogen-bond acceptors (Lipinski definition) is 4. The van der Waals surface area contributed by atoms with E-state index < -0.39 is 0 Å². The van der Waals surface area contributed by atoms with Crippen LogP contribution in [0.3, 0.4) is 0 Å². The van der Waals surface area contributed by atoms with E-state index in [1.165, 1.54) is 5.56 Å². The fraction of sp³-hybridized carbons (Fsp3) is 0.259. The number of aromatic nitrogens is 4. The van der Waals surface area contributed by atoms with Gasteiger partial charge in [-0.15, -0.1) is 5.10 Å². The first-order valence-electron chi connectivity index (χ1n) is 11.6. The van der Waals surface area contributed by atoms with Gasteiger partial charge in [-0.25, -0.2) is 4.68 Å². The normalized spacial score (nSPS) is 10.8. The van der Waals surface area contributed by atoms with Crippen molar-refractivity contribution >= 4 is 11.6 Å². The zero-order chi connectivity index (χ0) is 22.7. The lowest BCUT2D eigenvalue weighted by molar-refractivity contribution is -0.116. The van der Waals surface area contributed by atoms with Gasteiger partial charge in [0.25, 0.3) is 0 Å². The largest absolute Gasteiger partial charge is 0.326 e. The molecule has 0 radical (unpaired) electrons. The molecule has 0 aliphatic carbocycles. The van der Waals surface area contributed by atoms with Crippen LogP contribution in [0.1, 0.15) is 44.2 Å². The van der Waals surface area contributed by atoms with Gasteiger partial charge in [-0.05, 0) is 43.0 Å². The van der Waals surface area contributed by atoms with Crippen molar-refractivity contribution in [2.24, 2.45) is 0 Å². The molecule has 0 spiro atoms. The predicted molar refractivity (Wildman–Crippen MR) is 131 cm³/mol. The van der Waals surface area contributed by atoms with Crippen LogP contribution in [0.25, 0.3) is 16.8 Å². The number of hydrogen-bond donors (Lipinski definition) is 1. The van der Waals surface area contributed by atoms with E-state index in [1.807, 2.05) is 41.2 Å². The van der Waals surface area contributed by atoms with Gasteiger partial charge in [-0.1, -0.05) is 73.0 Å². The number of nitrogens with one attached hydrogen (secondary N) is 1. The summed E-state index contributed by atoms with van der Waals surface area (Å²) in [5.41, 5.74) is 5.15. The Morgan fingerprint density at radius 3 is 2.39 bits per heavy atom. The Morgan fingerprint density at radius 2 is 1.55 bits per heavy atom. The first-order valence-corrected chi connectivity index (χ1v) is 11.6. The van der Waals surface area contributed by atoms with Gasteiger partial charge < -0.3 is 5.32 Å². The quantitative estimate of drug-likeness (QED) is 0.298. The molecule has 6 heteroatoms. The number of pyridine rings is 1. The maximum absolute atomic E-state index is 12.0. The van der Waals surface area contributed by atoms with Crippen LogP contribution in [0, 0.1) is 0 Å². The third-order valence-corrected chi connectivity index (χ3v) is 5.58. The van der Waals surface area contributed by atoms with Crippen molar-refractivity contribution in [2.75, 3.05) is 5.32 Å². The summed E-state index contributed by atoms with van der Waals surface area (Å²) in [5.74, 6) is 0.0635. The van der Waals surface area contributed by atoms with Crippen molar-refractivity contribution in [3.8, 4) is 16.8 Å². The van der Waals surface area contributed by atoms with Gasteiger partial charge in [0.1, 0.15) is 0 Å². The summed E-state index contributed by atoms with van der Waals surface area (Å²) in [4.78, 5) is 15.9. The van der Waals surface area contributed by atoms with Crippen LogP contribution in [-0.2, 0) is 11.2 Å². The molecule has 4 aromatic rings. The Bertz CT molecular complexity index is 1140. The summed E-state index contributed by atoms with van der Waals surface area (Å²) in [6, 6.07) is 22.2. The monoisotopic (exact) mass is 439 g/mol. The molecule has 1 N–H and O–H groups in total. The molecular weight excluding hydrogens is 410 g/mol. The third-order valence-electron chi connectivity index (χ3n) is 5.58. The number of carbonyl (C=O) groups excluding carboxylic acids is 1. The molecule has 0 saturated carbocycles. The number of nitrogens with zero attached hydrogens (tertiary/aromatic N) is 4. The number of para-hydroxylation sites is 1. The number of aryl methyl sites for hydroxylation is 1. The SMILES string of the molecule is O=C(CCCCCCCc1cn(-c2ccccc2-c2ccccc2)nn1)Nc1ccncc1. The number of carbonyl (C=O) groups is 1. The third kappa shape index (κ3) is 6.59. The molecule has 0 unspecified atom stereocenters. The van der Waals surface area contributed by atoms with E-state index in [0.29, 0.717) is 6.42 Å². The summed E-state index contributed by atoms with van der Waals surface area (Å²) in [6.07, 6.45) is 12.1. The molecular formula is C27H29N5O. The minimum absolute atomic E-state index is 0.0635. The van der Waals surface area contributed by atoms with E-state index >= 15 is 0 Å². The molecule has 6 nitrogen and oxygen atoms in total. The molecule has 0 fully saturated rings. The molecule has 0 aliphatic heterocycles. The molecule has 33 heavy (non-hydrogen) atoms. The van der Waals surface area contributed by atoms with Gasteiger partial charge in [0.2, 0.25) is 5.91 Å². The summed E-state index contributed by atoms with van der Waals surface area (Å²) in [5, 5.41) is 11.7. The second-order valence-electron chi connectivity index (χ2n) is 8.09. The summed E-state index contributed by atoms with van der Waals surface area (Å²) in [6.45, 7) is 0. The molecule has 1 amide bonds. The van der Waals surface area contributed by atoms with Crippen molar-refractivity contribution in [1.82, 2.24) is 20.0 Å². The number of rotatable bonds is 11. The highest BCUT2D eigenvalue weighted by Crippen LogP contribution is 2.26. The highest BCUT2D eigenvalue weighted by molar-refractivity contribution is 5.90. The summed E-state index contributed by atoms with van der Waals surface area (Å²) < 4.78 is 1.87. The van der Waals surface area contributed by atoms with Gasteiger partial charge in [0.05, 0.1) is 17.6 Å². The number of anilines is 1. The number of benzene rings is 2. The lowest BCUT2D eigenvalue weighted by atomic mass is 10.0. The average molecular weight is 440 g/mol. The van der Waals surface area contributed by atoms with E-state index in [4.69, 9.17) is 0 Å². The van der Waals surface area contributed by atoms with Crippen LogP contribution in [0.4, 0.5) is 5.69 Å². The van der Waals surface area contributed by atoms with Crippen molar-refractivity contribution in [2.45, 2.75) is 44.9 Å². The molecule has 0 bridgehead atoms. The van der Waals surface area contributed by atoms with Gasteiger partial charge in [0, 0.05) is 30.1 Å². The van der Waals surface area contributed by atoms with Crippen molar-refractivity contribution in [1.29, 1.82) is 0 Å². The molecule has 2 heterocycles. The lowest BCUT2D eigenvalue weighted by Gasteiger charge is -2.08. The van der Waals surface area contributed by atoms with Crippen LogP contribution >= 0.6 is 0 Å². The zero-order valence-electron chi connectivity index (χ0n) is 18.7. The van der Waals surface area contributed by atoms with Crippen LogP contribution < -0.4 is 5.32 Å². The van der Waals surface area contributed by atoms with Gasteiger partial charge in [0.15, 0.2) is 0 Å². The van der Waals surface area contributed by atoms with Crippen LogP contribution in [0.2, 0.25) is 0 Å². The molecule has 0 aliphatic rings. The Labute approximate surface area is 194 Å². The summed E-state index contributed by atoms with van der Waals surface area (Å²) >= 11 is 0. The lowest BCUT2D eigenvalue weighted by Crippen LogP contribution is -2.10. The van der Waals surface area contributed by atoms with Gasteiger partial charge in [-0.3, -0.25) is 9.78 Å². The molecule has 0 saturated heterocycles. The van der Waals surface area contributed by atoms with Gasteiger partial charge in [-0.2, -0.15) is 0 Å². The Balaban J connectivity index is 1.18. The van der Waals surface area contributed by atoms with E-state index in [2.05, 4.69) is 44.9 Å². The average Bonchev–Trinajstić information content (AvgIpc) is 3.33. The van der Waals surface area contributed by atoms with E-state index in [9.17, 15) is 4.79 Å². The van der Waals surface area contributed by atoms with Crippen LogP contribution in [-0.4, -0.2) is 25.9 Å². The number of amides is 1. The molecule has 0 atom stereocenters. The molecule has 168 valence electrons. The molecule has 2 aromatic carbocycles. The smallest absolute Gasteiger partial charge is 0.224 e. The standard InChI is InChI=1S/C27H29N5O/c33-27(29-23-17-19-28-20-18-23)16-8-3-1-2-7-13-24-21-32(31-30-24)26-15-10-9-14-25(26)22-11-5-4-6-12-22/h4-6,9-12,14-15,17-21H,1-3,7-8,13,16H2,(H,28,29,33). The molecule has 2 aromatic heterocycles. The zero-order valence-corrected chi connectivity index (χ0v) is 18.7. The maximum Gasteiger partial charge on any atom is 0.224 e. The molecule has 4 rings (SSSR count). The Kier molecular flexibility index (Phi) is 7.95. The Hall–Kier alpha value is -3.80. The fourth-order valence-corrected chi connectivity index (χ4v) is 3.85.